The average molecular weight is 220 g/mol. The summed E-state index contributed by atoms with van der Waals surface area (Å²) >= 11 is 0. The summed E-state index contributed by atoms with van der Waals surface area (Å²) in [4.78, 5) is 19.9. The van der Waals surface area contributed by atoms with Gasteiger partial charge < -0.3 is 14.6 Å². The summed E-state index contributed by atoms with van der Waals surface area (Å²) in [5.74, 6) is -0.745. The Balaban J connectivity index is 0. The van der Waals surface area contributed by atoms with E-state index in [0.29, 0.717) is 13.2 Å². The molecule has 0 aromatic carbocycles. The van der Waals surface area contributed by atoms with Gasteiger partial charge >= 0.3 is 12.1 Å². The predicted octanol–water partition coefficient (Wildman–Crippen LogP) is 2.44. The zero-order valence-electron chi connectivity index (χ0n) is 9.62. The minimum absolute atomic E-state index is 0.222. The second-order valence-corrected chi connectivity index (χ2v) is 2.69. The van der Waals surface area contributed by atoms with E-state index in [9.17, 15) is 9.59 Å². The lowest BCUT2D eigenvalue weighted by Crippen LogP contribution is -2.08. The second-order valence-electron chi connectivity index (χ2n) is 2.69. The summed E-state index contributed by atoms with van der Waals surface area (Å²) in [7, 11) is 0. The van der Waals surface area contributed by atoms with Crippen LogP contribution in [0.15, 0.2) is 0 Å². The summed E-state index contributed by atoms with van der Waals surface area (Å²) in [5, 5.41) is 7.72. The van der Waals surface area contributed by atoms with Crippen LogP contribution in [0.5, 0.6) is 0 Å². The maximum absolute atomic E-state index is 10.5. The lowest BCUT2D eigenvalue weighted by molar-refractivity contribution is -0.136. The van der Waals surface area contributed by atoms with Crippen LogP contribution in [0.1, 0.15) is 40.0 Å². The zero-order valence-corrected chi connectivity index (χ0v) is 9.62. The van der Waals surface area contributed by atoms with Gasteiger partial charge in [0.2, 0.25) is 0 Å². The van der Waals surface area contributed by atoms with Gasteiger partial charge in [0.1, 0.15) is 0 Å². The molecule has 0 fully saturated rings. The van der Waals surface area contributed by atoms with Crippen molar-refractivity contribution in [2.45, 2.75) is 40.0 Å². The topological polar surface area (TPSA) is 72.8 Å². The number of ether oxygens (including phenoxy) is 2. The molecule has 0 aliphatic heterocycles. The molecule has 0 saturated heterocycles. The maximum atomic E-state index is 10.5. The number of rotatable bonds is 5. The molecule has 0 aromatic rings. The van der Waals surface area contributed by atoms with E-state index < -0.39 is 12.1 Å². The van der Waals surface area contributed by atoms with Gasteiger partial charge in [0, 0.05) is 6.42 Å². The third-order valence-corrected chi connectivity index (χ3v) is 1.15. The van der Waals surface area contributed by atoms with Gasteiger partial charge in [0.25, 0.3) is 0 Å². The molecule has 0 aliphatic carbocycles. The Morgan fingerprint density at radius 2 is 1.33 bits per heavy atom. The van der Waals surface area contributed by atoms with Crippen LogP contribution < -0.4 is 0 Å². The van der Waals surface area contributed by atoms with E-state index in [4.69, 9.17) is 5.11 Å². The van der Waals surface area contributed by atoms with Crippen molar-refractivity contribution >= 4 is 12.1 Å². The summed E-state index contributed by atoms with van der Waals surface area (Å²) in [6.07, 6.45) is 1.34. The number of carboxylic acid groups (broad SMARTS) is 1. The van der Waals surface area contributed by atoms with E-state index in [-0.39, 0.29) is 6.42 Å². The molecule has 0 aliphatic rings. The normalized spacial score (nSPS) is 8.47. The van der Waals surface area contributed by atoms with Gasteiger partial charge in [-0.1, -0.05) is 20.8 Å². The third-order valence-electron chi connectivity index (χ3n) is 1.15. The van der Waals surface area contributed by atoms with Crippen molar-refractivity contribution < 1.29 is 24.2 Å². The van der Waals surface area contributed by atoms with Gasteiger partial charge in [0.15, 0.2) is 0 Å². The van der Waals surface area contributed by atoms with Gasteiger partial charge in [-0.2, -0.15) is 0 Å². The first-order valence-electron chi connectivity index (χ1n) is 5.09. The van der Waals surface area contributed by atoms with Crippen molar-refractivity contribution in [1.29, 1.82) is 0 Å². The summed E-state index contributed by atoms with van der Waals surface area (Å²) < 4.78 is 9.26. The molecule has 0 saturated carbocycles. The van der Waals surface area contributed by atoms with Gasteiger partial charge in [-0.05, 0) is 12.8 Å². The quantitative estimate of drug-likeness (QED) is 0.720. The minimum Gasteiger partial charge on any atom is -0.481 e. The molecule has 90 valence electrons. The molecular weight excluding hydrogens is 200 g/mol. The van der Waals surface area contributed by atoms with Crippen molar-refractivity contribution in [1.82, 2.24) is 0 Å². The summed E-state index contributed by atoms with van der Waals surface area (Å²) in [5.41, 5.74) is 0. The van der Waals surface area contributed by atoms with Crippen molar-refractivity contribution in [3.05, 3.63) is 0 Å². The predicted molar refractivity (Wildman–Crippen MR) is 55.8 cm³/mol. The molecule has 0 amide bonds. The van der Waals surface area contributed by atoms with Crippen LogP contribution in [0.3, 0.4) is 0 Å². The molecule has 0 rings (SSSR count). The van der Waals surface area contributed by atoms with E-state index in [2.05, 4.69) is 9.47 Å². The number of hydrogen-bond acceptors (Lipinski definition) is 4. The SMILES string of the molecule is CCC(=O)O.CCCOC(=O)OCCC. The first-order valence-corrected chi connectivity index (χ1v) is 5.09. The Hall–Kier alpha value is -1.26. The lowest BCUT2D eigenvalue weighted by atomic mass is 10.5. The van der Waals surface area contributed by atoms with E-state index in [1.165, 1.54) is 0 Å². The number of carbonyl (C=O) groups excluding carboxylic acids is 1. The zero-order chi connectivity index (χ0) is 12.1. The fourth-order valence-corrected chi connectivity index (χ4v) is 0.412. The molecule has 5 heteroatoms. The third kappa shape index (κ3) is 19.2. The minimum atomic E-state index is -0.745. The molecule has 0 unspecified atom stereocenters. The molecular formula is C10H20O5. The highest BCUT2D eigenvalue weighted by Crippen LogP contribution is 1.88. The van der Waals surface area contributed by atoms with Crippen LogP contribution in [0.25, 0.3) is 0 Å². The Morgan fingerprint density at radius 1 is 1.00 bits per heavy atom. The van der Waals surface area contributed by atoms with Gasteiger partial charge in [-0.25, -0.2) is 4.79 Å². The highest BCUT2D eigenvalue weighted by molar-refractivity contribution is 5.66. The monoisotopic (exact) mass is 220 g/mol. The van der Waals surface area contributed by atoms with Crippen LogP contribution >= 0.6 is 0 Å². The molecule has 0 bridgehead atoms. The maximum Gasteiger partial charge on any atom is 0.508 e. The van der Waals surface area contributed by atoms with E-state index in [1.807, 2.05) is 13.8 Å². The van der Waals surface area contributed by atoms with Crippen LogP contribution in [0.4, 0.5) is 4.79 Å². The summed E-state index contributed by atoms with van der Waals surface area (Å²) in [6.45, 7) is 6.37. The average Bonchev–Trinajstić information content (AvgIpc) is 2.24. The largest absolute Gasteiger partial charge is 0.508 e. The Morgan fingerprint density at radius 3 is 1.53 bits per heavy atom. The smallest absolute Gasteiger partial charge is 0.481 e. The standard InChI is InChI=1S/C7H14O3.C3H6O2/c1-3-5-9-7(8)10-6-4-2;1-2-3(4)5/h3-6H2,1-2H3;2H2,1H3,(H,4,5). The molecule has 15 heavy (non-hydrogen) atoms. The molecule has 0 atom stereocenters. The molecule has 1 N–H and O–H groups in total. The van der Waals surface area contributed by atoms with Crippen LogP contribution in [-0.2, 0) is 14.3 Å². The number of carboxylic acids is 1. The van der Waals surface area contributed by atoms with Crippen LogP contribution in [0.2, 0.25) is 0 Å². The molecule has 5 nitrogen and oxygen atoms in total. The van der Waals surface area contributed by atoms with Crippen molar-refractivity contribution in [2.24, 2.45) is 0 Å². The fourth-order valence-electron chi connectivity index (χ4n) is 0.412. The van der Waals surface area contributed by atoms with E-state index in [0.717, 1.165) is 12.8 Å². The molecule has 0 aromatic heterocycles. The van der Waals surface area contributed by atoms with Gasteiger partial charge in [0.05, 0.1) is 13.2 Å². The molecule has 0 radical (unpaired) electrons. The highest BCUT2D eigenvalue weighted by Gasteiger charge is 1.99. The van der Waals surface area contributed by atoms with Crippen LogP contribution in [0, 0.1) is 0 Å². The van der Waals surface area contributed by atoms with Crippen LogP contribution in [-0.4, -0.2) is 30.4 Å². The van der Waals surface area contributed by atoms with Crippen molar-refractivity contribution in [2.75, 3.05) is 13.2 Å². The fraction of sp³-hybridized carbons (Fsp3) is 0.800. The second kappa shape index (κ2) is 12.7. The Labute approximate surface area is 90.4 Å². The van der Waals surface area contributed by atoms with Gasteiger partial charge in [-0.3, -0.25) is 4.79 Å². The first kappa shape index (κ1) is 16.2. The first-order chi connectivity index (χ1) is 7.08. The molecule has 0 spiro atoms. The number of carbonyl (C=O) groups is 2. The van der Waals surface area contributed by atoms with Crippen molar-refractivity contribution in [3.63, 3.8) is 0 Å². The summed E-state index contributed by atoms with van der Waals surface area (Å²) in [6, 6.07) is 0. The highest BCUT2D eigenvalue weighted by atomic mass is 16.7. The van der Waals surface area contributed by atoms with Gasteiger partial charge in [-0.15, -0.1) is 0 Å². The molecule has 0 heterocycles. The number of hydrogen-bond donors (Lipinski definition) is 1. The van der Waals surface area contributed by atoms with E-state index in [1.54, 1.807) is 6.92 Å². The Kier molecular flexibility index (Phi) is 13.7. The number of aliphatic carboxylic acids is 1. The Bertz CT molecular complexity index is 157. The lowest BCUT2D eigenvalue weighted by Gasteiger charge is -2.02. The van der Waals surface area contributed by atoms with E-state index >= 15 is 0 Å². The van der Waals surface area contributed by atoms with Crippen molar-refractivity contribution in [3.8, 4) is 0 Å².